The molecule has 19 aliphatic rings. The Morgan fingerprint density at radius 2 is 0.547 bits per heavy atom. The van der Waals surface area contributed by atoms with E-state index in [1.807, 2.05) is 0 Å². The van der Waals surface area contributed by atoms with Gasteiger partial charge < -0.3 is 0 Å². The van der Waals surface area contributed by atoms with Gasteiger partial charge in [0.15, 0.2) is 0 Å². The normalized spacial score (nSPS) is 35.3. The third kappa shape index (κ3) is 31.9. The summed E-state index contributed by atoms with van der Waals surface area (Å²) >= 11 is 0. The van der Waals surface area contributed by atoms with Crippen molar-refractivity contribution in [1.29, 1.82) is 0 Å². The van der Waals surface area contributed by atoms with Gasteiger partial charge in [-0.15, -0.1) is 0 Å². The number of hydrogen-bond donors (Lipinski definition) is 0. The highest BCUT2D eigenvalue weighted by Gasteiger charge is 2.63. The molecule has 19 aliphatic carbocycles. The third-order valence-corrected chi connectivity index (χ3v) is 30.6. The number of halogens is 1. The van der Waals surface area contributed by atoms with Crippen LogP contribution in [-0.4, -0.2) is 5.67 Å². The van der Waals surface area contributed by atoms with Gasteiger partial charge in [-0.2, -0.15) is 0 Å². The zero-order valence-electron chi connectivity index (χ0n) is 70.9. The van der Waals surface area contributed by atoms with Crippen molar-refractivity contribution < 1.29 is 4.39 Å². The van der Waals surface area contributed by atoms with Gasteiger partial charge in [0, 0.05) is 0 Å². The molecule has 0 aromatic carbocycles. The molecule has 0 aromatic rings. The first-order valence-corrected chi connectivity index (χ1v) is 45.5. The molecule has 19 fully saturated rings. The minimum Gasteiger partial charge on any atom is -0.244 e. The van der Waals surface area contributed by atoms with Crippen LogP contribution in [0, 0.1) is 186 Å². The molecule has 0 amide bonds. The van der Waals surface area contributed by atoms with Crippen molar-refractivity contribution in [2.45, 2.75) is 488 Å². The Bertz CT molecular complexity index is 2070. The summed E-state index contributed by atoms with van der Waals surface area (Å²) in [6, 6.07) is 0. The minimum absolute atomic E-state index is 0. The van der Waals surface area contributed by atoms with Crippen LogP contribution in [0.15, 0.2) is 0 Å². The summed E-state index contributed by atoms with van der Waals surface area (Å²) in [5.74, 6) is 27.2. The topological polar surface area (TPSA) is 0 Å². The molecule has 0 nitrogen and oxygen atoms in total. The Morgan fingerprint density at radius 3 is 0.708 bits per heavy atom. The summed E-state index contributed by atoms with van der Waals surface area (Å²) in [4.78, 5) is 0. The van der Waals surface area contributed by atoms with Crippen molar-refractivity contribution in [3.63, 3.8) is 0 Å². The highest BCUT2D eigenvalue weighted by molar-refractivity contribution is 5.12. The standard InChI is InChI=1S/3C11H20.C10H18.C10H20.C9H17F.3C9H16.C8H14.8CH4/c3*1-9(2)6-10-7-11(8-10)4-3-5-11;1-8(2)5-9-6-10(7-9)3-4-10;1-8(2)5-9-6-10(3,4)7-9;1-7(2)4-8-5-9(3,10)6-8;1-7(2)3-9-4-8(5-9)6-9;1-6(2)3-7-4-8-5-9(7)8;1-6(2)5-9-7-3-4-8(7)9;1-5(2)3-6-7-4-8(6)7;;;;;;;;/h3*9-10H,3-8H2,1-2H3;8-9H,3-7H2,1-2H3;8-9H,5-7H2,1-4H3;7-8H,4-6H2,1-3H3;7-8H,3-6H2,1-2H3;2*6-9H,3-5H2,1-2H3;5-8H,3-4H2,1-2H3;8*1H4. The summed E-state index contributed by atoms with van der Waals surface area (Å²) in [7, 11) is 0. The van der Waals surface area contributed by atoms with E-state index in [0.29, 0.717) is 11.3 Å². The molecule has 0 radical (unpaired) electrons. The fourth-order valence-electron chi connectivity index (χ4n) is 25.5. The van der Waals surface area contributed by atoms with E-state index in [9.17, 15) is 4.39 Å². The molecule has 4 spiro atoms. The third-order valence-electron chi connectivity index (χ3n) is 30.6. The minimum atomic E-state index is -0.820. The molecule has 1 heteroatoms. The molecule has 7 atom stereocenters. The smallest absolute Gasteiger partial charge is 0.108 e. The van der Waals surface area contributed by atoms with Crippen LogP contribution in [0.2, 0.25) is 0 Å². The van der Waals surface area contributed by atoms with Crippen LogP contribution in [-0.2, 0) is 0 Å². The van der Waals surface area contributed by atoms with Crippen LogP contribution in [0.1, 0.15) is 482 Å². The van der Waals surface area contributed by atoms with Crippen LogP contribution in [0.4, 0.5) is 4.39 Å². The predicted octanol–water partition coefficient (Wildman–Crippen LogP) is 36.3. The lowest BCUT2D eigenvalue weighted by molar-refractivity contribution is -0.119. The van der Waals surface area contributed by atoms with Crippen molar-refractivity contribution in [3.8, 4) is 0 Å². The highest BCUT2D eigenvalue weighted by atomic mass is 19.1. The molecule has 0 aromatic heterocycles. The molecule has 0 heterocycles. The van der Waals surface area contributed by atoms with Gasteiger partial charge in [-0.3, -0.25) is 0 Å². The van der Waals surface area contributed by atoms with Crippen molar-refractivity contribution in [3.05, 3.63) is 0 Å². The van der Waals surface area contributed by atoms with Gasteiger partial charge in [-0.25, -0.2) is 4.39 Å². The summed E-state index contributed by atoms with van der Waals surface area (Å²) in [6.07, 6.45) is 61.3. The van der Waals surface area contributed by atoms with Crippen molar-refractivity contribution in [1.82, 2.24) is 0 Å². The Labute approximate surface area is 674 Å². The van der Waals surface area contributed by atoms with Gasteiger partial charge in [-0.1, -0.05) is 231 Å². The van der Waals surface area contributed by atoms with Crippen LogP contribution < -0.4 is 0 Å². The quantitative estimate of drug-likeness (QED) is 0.114. The average Bonchev–Trinajstić information content (AvgIpc) is 1.44. The molecule has 19 saturated carbocycles. The Kier molecular flexibility index (Phi) is 42.9. The lowest BCUT2D eigenvalue weighted by Crippen LogP contribution is -2.52. The predicted molar refractivity (Wildman–Crippen MR) is 483 cm³/mol. The summed E-state index contributed by atoms with van der Waals surface area (Å²) < 4.78 is 12.9. The van der Waals surface area contributed by atoms with Gasteiger partial charge in [0.2, 0.25) is 0 Å². The zero-order chi connectivity index (χ0) is 71.5. The first-order chi connectivity index (χ1) is 45.8. The largest absolute Gasteiger partial charge is 0.244 e. The fourth-order valence-corrected chi connectivity index (χ4v) is 25.5. The van der Waals surface area contributed by atoms with E-state index in [1.54, 1.807) is 161 Å². The molecule has 0 aliphatic heterocycles. The second-order valence-electron chi connectivity index (χ2n) is 47.0. The first kappa shape index (κ1) is 104. The van der Waals surface area contributed by atoms with E-state index in [2.05, 4.69) is 152 Å². The monoisotopic (exact) mass is 1490 g/mol. The Balaban J connectivity index is 0.000000585. The van der Waals surface area contributed by atoms with E-state index in [0.717, 1.165) is 135 Å². The number of fused-ring (bicyclic) bond motifs is 3. The molecular formula is C105H209F. The van der Waals surface area contributed by atoms with Crippen molar-refractivity contribution >= 4 is 0 Å². The fraction of sp³-hybridized carbons (Fsp3) is 1.00. The highest BCUT2D eigenvalue weighted by Crippen LogP contribution is 2.71. The van der Waals surface area contributed by atoms with Crippen LogP contribution in [0.25, 0.3) is 0 Å². The van der Waals surface area contributed by atoms with Gasteiger partial charge in [0.1, 0.15) is 5.67 Å². The van der Waals surface area contributed by atoms with Crippen LogP contribution in [0.3, 0.4) is 0 Å². The van der Waals surface area contributed by atoms with Crippen molar-refractivity contribution in [2.24, 2.45) is 186 Å². The second kappa shape index (κ2) is 43.8. The lowest BCUT2D eigenvalue weighted by atomic mass is 9.42. The molecular weight excluding hydrogens is 1280 g/mol. The molecule has 19 rings (SSSR count). The summed E-state index contributed by atoms with van der Waals surface area (Å²) in [6.45, 7) is 53.1. The SMILES string of the molecule is C.C.C.C.C.C.C.C.CC(C)CC12CC(C1)C2.CC(C)CC1C2CC12.CC(C)CC1C2CCC21.CC(C)CC1CC(C)(C)C1.CC(C)CC1CC(C)(F)C1.CC(C)CC1CC2(CC2)C1.CC(C)CC1CC2(CCC2)C1.CC(C)CC1CC2(CCC2)C1.CC(C)CC1CC2(CCC2)C1.CC(C)CC1CC2CC12. The van der Waals surface area contributed by atoms with E-state index < -0.39 is 5.67 Å². The zero-order valence-corrected chi connectivity index (χ0v) is 70.9. The Morgan fingerprint density at radius 1 is 0.274 bits per heavy atom. The summed E-state index contributed by atoms with van der Waals surface area (Å²) in [5.41, 5.74) is 4.39. The number of alkyl halides is 1. The summed E-state index contributed by atoms with van der Waals surface area (Å²) in [5, 5.41) is 0. The maximum absolute atomic E-state index is 12.9. The van der Waals surface area contributed by atoms with E-state index >= 15 is 0 Å². The van der Waals surface area contributed by atoms with Crippen molar-refractivity contribution in [2.75, 3.05) is 0 Å². The maximum atomic E-state index is 12.9. The molecule has 7 unspecified atom stereocenters. The van der Waals surface area contributed by atoms with E-state index in [4.69, 9.17) is 0 Å². The van der Waals surface area contributed by atoms with E-state index in [1.165, 1.54) is 150 Å². The first-order valence-electron chi connectivity index (χ1n) is 45.5. The number of rotatable bonds is 20. The Hall–Kier alpha value is -0.0700. The molecule has 106 heavy (non-hydrogen) atoms. The molecule has 636 valence electrons. The van der Waals surface area contributed by atoms with Crippen LogP contribution in [0.5, 0.6) is 0 Å². The van der Waals surface area contributed by atoms with Gasteiger partial charge in [0.05, 0.1) is 0 Å². The molecule has 2 bridgehead atoms. The lowest BCUT2D eigenvalue weighted by Gasteiger charge is -2.63. The van der Waals surface area contributed by atoms with Crippen LogP contribution >= 0.6 is 0 Å². The number of hydrogen-bond acceptors (Lipinski definition) is 0. The van der Waals surface area contributed by atoms with Gasteiger partial charge in [-0.05, 0) is 437 Å². The maximum Gasteiger partial charge on any atom is 0.108 e. The van der Waals surface area contributed by atoms with Gasteiger partial charge >= 0.3 is 0 Å². The average molecular weight is 1490 g/mol. The van der Waals surface area contributed by atoms with E-state index in [-0.39, 0.29) is 59.4 Å². The van der Waals surface area contributed by atoms with Gasteiger partial charge in [0.25, 0.3) is 0 Å². The molecule has 0 N–H and O–H groups in total. The molecule has 0 saturated heterocycles. The second-order valence-corrected chi connectivity index (χ2v) is 47.0.